The molecule has 8 nitrogen and oxygen atoms in total. The van der Waals surface area contributed by atoms with Gasteiger partial charge in [0, 0.05) is 26.3 Å². The maximum absolute atomic E-state index is 12.2. The molecule has 1 aromatic heterocycles. The summed E-state index contributed by atoms with van der Waals surface area (Å²) in [6.45, 7) is 2.49. The molecule has 0 fully saturated rings. The van der Waals surface area contributed by atoms with Crippen molar-refractivity contribution in [3.63, 3.8) is 0 Å². The van der Waals surface area contributed by atoms with Crippen LogP contribution in [0.15, 0.2) is 53.7 Å². The summed E-state index contributed by atoms with van der Waals surface area (Å²) >= 11 is 0. The Morgan fingerprint density at radius 1 is 1.15 bits per heavy atom. The van der Waals surface area contributed by atoms with E-state index in [1.54, 1.807) is 29.2 Å². The minimum Gasteiger partial charge on any atom is -0.381 e. The van der Waals surface area contributed by atoms with Crippen LogP contribution in [0.3, 0.4) is 0 Å². The molecular weight excluding hydrogens is 352 g/mol. The zero-order valence-corrected chi connectivity index (χ0v) is 15.6. The van der Waals surface area contributed by atoms with Gasteiger partial charge >= 0.3 is 0 Å². The average Bonchev–Trinajstić information content (AvgIpc) is 3.14. The van der Waals surface area contributed by atoms with Crippen molar-refractivity contribution < 1.29 is 8.42 Å². The third-order valence-corrected chi connectivity index (χ3v) is 5.78. The second-order valence-electron chi connectivity index (χ2n) is 6.04. The van der Waals surface area contributed by atoms with Gasteiger partial charge in [0.15, 0.2) is 0 Å². The summed E-state index contributed by atoms with van der Waals surface area (Å²) < 4.78 is 27.3. The highest BCUT2D eigenvalue weighted by molar-refractivity contribution is 7.89. The maximum atomic E-state index is 12.2. The molecule has 0 aliphatic carbocycles. The molecule has 3 aromatic rings. The van der Waals surface area contributed by atoms with Gasteiger partial charge in [-0.2, -0.15) is 0 Å². The highest BCUT2D eigenvalue weighted by atomic mass is 32.2. The molecule has 0 amide bonds. The third-order valence-electron chi connectivity index (χ3n) is 3.97. The largest absolute Gasteiger partial charge is 0.381 e. The van der Waals surface area contributed by atoms with Crippen LogP contribution in [-0.4, -0.2) is 47.0 Å². The summed E-state index contributed by atoms with van der Waals surface area (Å²) in [6.07, 6.45) is 1.55. The van der Waals surface area contributed by atoms with Gasteiger partial charge in [-0.1, -0.05) is 12.1 Å². The van der Waals surface area contributed by atoms with Crippen LogP contribution < -0.4 is 5.32 Å². The molecule has 0 radical (unpaired) electrons. The molecule has 136 valence electrons. The van der Waals surface area contributed by atoms with Gasteiger partial charge in [0.25, 0.3) is 0 Å². The van der Waals surface area contributed by atoms with E-state index in [2.05, 4.69) is 20.8 Å². The number of aryl methyl sites for hydroxylation is 1. The van der Waals surface area contributed by atoms with E-state index in [1.807, 2.05) is 31.2 Å². The number of hydrogen-bond donors (Lipinski definition) is 1. The lowest BCUT2D eigenvalue weighted by molar-refractivity contribution is 0.520. The number of rotatable bonds is 6. The Bertz CT molecular complexity index is 1000. The summed E-state index contributed by atoms with van der Waals surface area (Å²) in [4.78, 5) is 0.284. The minimum atomic E-state index is -3.44. The van der Waals surface area contributed by atoms with Gasteiger partial charge in [0.2, 0.25) is 10.0 Å². The summed E-state index contributed by atoms with van der Waals surface area (Å²) in [7, 11) is -0.390. The minimum absolute atomic E-state index is 0.284. The first-order valence-electron chi connectivity index (χ1n) is 7.97. The SMILES string of the molecule is Cc1cc(NCc2cccc(S(=O)(=O)N(C)C)c2)ccc1-n1cnnn1. The molecule has 0 bridgehead atoms. The van der Waals surface area contributed by atoms with E-state index in [9.17, 15) is 8.42 Å². The Hall–Kier alpha value is -2.78. The van der Waals surface area contributed by atoms with Crippen LogP contribution in [0.2, 0.25) is 0 Å². The van der Waals surface area contributed by atoms with Crippen molar-refractivity contribution in [2.45, 2.75) is 18.4 Å². The van der Waals surface area contributed by atoms with Crippen molar-refractivity contribution in [3.8, 4) is 5.69 Å². The van der Waals surface area contributed by atoms with Gasteiger partial charge in [0.05, 0.1) is 10.6 Å². The Kier molecular flexibility index (Phi) is 5.01. The van der Waals surface area contributed by atoms with E-state index in [0.717, 1.165) is 22.5 Å². The van der Waals surface area contributed by atoms with Gasteiger partial charge in [-0.25, -0.2) is 17.4 Å². The molecule has 0 saturated carbocycles. The predicted octanol–water partition coefficient (Wildman–Crippen LogP) is 1.83. The number of sulfonamides is 1. The summed E-state index contributed by atoms with van der Waals surface area (Å²) in [5, 5.41) is 14.5. The molecule has 1 N–H and O–H groups in total. The fourth-order valence-corrected chi connectivity index (χ4v) is 3.50. The molecule has 9 heteroatoms. The lowest BCUT2D eigenvalue weighted by Gasteiger charge is -2.13. The number of nitrogens with one attached hydrogen (secondary N) is 1. The predicted molar refractivity (Wildman–Crippen MR) is 98.5 cm³/mol. The van der Waals surface area contributed by atoms with E-state index in [0.29, 0.717) is 6.54 Å². The monoisotopic (exact) mass is 372 g/mol. The van der Waals surface area contributed by atoms with E-state index in [4.69, 9.17) is 0 Å². The Morgan fingerprint density at radius 3 is 2.62 bits per heavy atom. The fraction of sp³-hybridized carbons (Fsp3) is 0.235. The van der Waals surface area contributed by atoms with E-state index in [1.165, 1.54) is 18.4 Å². The van der Waals surface area contributed by atoms with Gasteiger partial charge < -0.3 is 5.32 Å². The number of benzene rings is 2. The lowest BCUT2D eigenvalue weighted by Crippen LogP contribution is -2.22. The average molecular weight is 372 g/mol. The first-order chi connectivity index (χ1) is 12.4. The Balaban J connectivity index is 1.75. The molecule has 0 aliphatic heterocycles. The normalized spacial score (nSPS) is 11.7. The number of aromatic nitrogens is 4. The van der Waals surface area contributed by atoms with Gasteiger partial charge in [-0.15, -0.1) is 5.10 Å². The molecule has 0 aliphatic rings. The van der Waals surface area contributed by atoms with E-state index < -0.39 is 10.0 Å². The van der Waals surface area contributed by atoms with Gasteiger partial charge in [-0.05, 0) is 58.8 Å². The topological polar surface area (TPSA) is 93.0 Å². The van der Waals surface area contributed by atoms with Crippen molar-refractivity contribution in [2.75, 3.05) is 19.4 Å². The Labute approximate surface area is 152 Å². The summed E-state index contributed by atoms with van der Waals surface area (Å²) in [5.74, 6) is 0. The molecule has 3 rings (SSSR count). The van der Waals surface area contributed by atoms with Crippen LogP contribution in [0.1, 0.15) is 11.1 Å². The first kappa shape index (κ1) is 18.0. The summed E-state index contributed by atoms with van der Waals surface area (Å²) in [5.41, 5.74) is 3.74. The van der Waals surface area contributed by atoms with Crippen LogP contribution >= 0.6 is 0 Å². The van der Waals surface area contributed by atoms with Crippen LogP contribution in [0, 0.1) is 6.92 Å². The third kappa shape index (κ3) is 3.73. The van der Waals surface area contributed by atoms with Gasteiger partial charge in [0.1, 0.15) is 6.33 Å². The lowest BCUT2D eigenvalue weighted by atomic mass is 10.1. The standard InChI is InChI=1S/C17H20N6O2S/c1-13-9-15(7-8-17(13)23-12-19-20-21-23)18-11-14-5-4-6-16(10-14)26(24,25)22(2)3/h4-10,12,18H,11H2,1-3H3. The molecule has 2 aromatic carbocycles. The van der Waals surface area contributed by atoms with E-state index >= 15 is 0 Å². The number of hydrogen-bond acceptors (Lipinski definition) is 6. The van der Waals surface area contributed by atoms with Crippen LogP contribution in [-0.2, 0) is 16.6 Å². The molecule has 0 spiro atoms. The zero-order valence-electron chi connectivity index (χ0n) is 14.8. The van der Waals surface area contributed by atoms with Crippen LogP contribution in [0.5, 0.6) is 0 Å². The van der Waals surface area contributed by atoms with Crippen molar-refractivity contribution in [3.05, 3.63) is 59.9 Å². The second kappa shape index (κ2) is 7.22. The second-order valence-corrected chi connectivity index (χ2v) is 8.20. The number of anilines is 1. The number of tetrazole rings is 1. The fourth-order valence-electron chi connectivity index (χ4n) is 2.52. The van der Waals surface area contributed by atoms with Crippen molar-refractivity contribution >= 4 is 15.7 Å². The molecule has 0 saturated heterocycles. The van der Waals surface area contributed by atoms with E-state index in [-0.39, 0.29) is 4.90 Å². The van der Waals surface area contributed by atoms with Crippen molar-refractivity contribution in [1.29, 1.82) is 0 Å². The quantitative estimate of drug-likeness (QED) is 0.710. The summed E-state index contributed by atoms with van der Waals surface area (Å²) in [6, 6.07) is 12.8. The Morgan fingerprint density at radius 2 is 1.96 bits per heavy atom. The van der Waals surface area contributed by atoms with Crippen molar-refractivity contribution in [1.82, 2.24) is 24.5 Å². The zero-order chi connectivity index (χ0) is 18.7. The van der Waals surface area contributed by atoms with Crippen LogP contribution in [0.25, 0.3) is 5.69 Å². The van der Waals surface area contributed by atoms with Crippen LogP contribution in [0.4, 0.5) is 5.69 Å². The maximum Gasteiger partial charge on any atom is 0.242 e. The highest BCUT2D eigenvalue weighted by Crippen LogP contribution is 2.20. The molecule has 26 heavy (non-hydrogen) atoms. The van der Waals surface area contributed by atoms with Gasteiger partial charge in [-0.3, -0.25) is 0 Å². The smallest absolute Gasteiger partial charge is 0.242 e. The molecular formula is C17H20N6O2S. The molecule has 1 heterocycles. The first-order valence-corrected chi connectivity index (χ1v) is 9.41. The molecule has 0 unspecified atom stereocenters. The van der Waals surface area contributed by atoms with Crippen molar-refractivity contribution in [2.24, 2.45) is 0 Å². The molecule has 0 atom stereocenters. The highest BCUT2D eigenvalue weighted by Gasteiger charge is 2.17. The number of nitrogens with zero attached hydrogens (tertiary/aromatic N) is 5.